The normalized spacial score (nSPS) is 21.2. The van der Waals surface area contributed by atoms with Crippen molar-refractivity contribution >= 4 is 10.0 Å². The molecule has 1 saturated heterocycles. The molecule has 1 fully saturated rings. The van der Waals surface area contributed by atoms with Gasteiger partial charge in [0.2, 0.25) is 10.0 Å². The Hall–Kier alpha value is -0.170. The number of hydrogen-bond donors (Lipinski definition) is 1. The number of sulfonamides is 1. The van der Waals surface area contributed by atoms with Crippen molar-refractivity contribution in [3.63, 3.8) is 0 Å². The van der Waals surface area contributed by atoms with E-state index in [-0.39, 0.29) is 18.5 Å². The molecule has 5 nitrogen and oxygen atoms in total. The van der Waals surface area contributed by atoms with E-state index in [1.54, 1.807) is 0 Å². The van der Waals surface area contributed by atoms with Gasteiger partial charge in [-0.05, 0) is 25.7 Å². The molecule has 1 aliphatic heterocycles. The molecule has 0 amide bonds. The molecule has 0 aromatic rings. The molecule has 0 aliphatic carbocycles. The first-order chi connectivity index (χ1) is 8.10. The lowest BCUT2D eigenvalue weighted by Gasteiger charge is -2.23. The summed E-state index contributed by atoms with van der Waals surface area (Å²) in [6.07, 6.45) is 3.08. The molecule has 0 spiro atoms. The third kappa shape index (κ3) is 4.91. The number of ether oxygens (including phenoxy) is 1. The van der Waals surface area contributed by atoms with Gasteiger partial charge in [0.25, 0.3) is 0 Å². The van der Waals surface area contributed by atoms with E-state index in [9.17, 15) is 8.42 Å². The van der Waals surface area contributed by atoms with Crippen LogP contribution in [-0.2, 0) is 14.8 Å². The molecule has 1 N–H and O–H groups in total. The van der Waals surface area contributed by atoms with Gasteiger partial charge in [-0.2, -0.15) is 4.31 Å². The zero-order chi connectivity index (χ0) is 12.7. The van der Waals surface area contributed by atoms with E-state index < -0.39 is 10.0 Å². The highest BCUT2D eigenvalue weighted by Crippen LogP contribution is 2.15. The van der Waals surface area contributed by atoms with Gasteiger partial charge in [-0.15, -0.1) is 0 Å². The zero-order valence-corrected chi connectivity index (χ0v) is 11.3. The third-order valence-electron chi connectivity index (χ3n) is 2.99. The smallest absolute Gasteiger partial charge is 0.214 e. The lowest BCUT2D eigenvalue weighted by atomic mass is 10.2. The minimum Gasteiger partial charge on any atom is -0.396 e. The van der Waals surface area contributed by atoms with Crippen LogP contribution in [0.3, 0.4) is 0 Å². The molecular weight excluding hydrogens is 242 g/mol. The van der Waals surface area contributed by atoms with Gasteiger partial charge in [-0.1, -0.05) is 6.92 Å². The van der Waals surface area contributed by atoms with Gasteiger partial charge >= 0.3 is 0 Å². The molecule has 1 heterocycles. The Bertz CT molecular complexity index is 299. The highest BCUT2D eigenvalue weighted by molar-refractivity contribution is 7.89. The predicted molar refractivity (Wildman–Crippen MR) is 66.3 cm³/mol. The van der Waals surface area contributed by atoms with Crippen molar-refractivity contribution in [3.05, 3.63) is 0 Å². The largest absolute Gasteiger partial charge is 0.396 e. The van der Waals surface area contributed by atoms with Crippen LogP contribution in [-0.4, -0.2) is 56.0 Å². The lowest BCUT2D eigenvalue weighted by Crippen LogP contribution is -2.38. The highest BCUT2D eigenvalue weighted by atomic mass is 32.2. The van der Waals surface area contributed by atoms with Crippen LogP contribution in [0.15, 0.2) is 0 Å². The van der Waals surface area contributed by atoms with Gasteiger partial charge in [0.05, 0.1) is 11.9 Å². The van der Waals surface area contributed by atoms with Crippen LogP contribution >= 0.6 is 0 Å². The molecule has 17 heavy (non-hydrogen) atoms. The predicted octanol–water partition coefficient (Wildman–Crippen LogP) is 0.590. The Kier molecular flexibility index (Phi) is 6.40. The van der Waals surface area contributed by atoms with Gasteiger partial charge in [0.15, 0.2) is 0 Å². The van der Waals surface area contributed by atoms with Crippen molar-refractivity contribution in [1.29, 1.82) is 0 Å². The van der Waals surface area contributed by atoms with Crippen LogP contribution in [0.25, 0.3) is 0 Å². The van der Waals surface area contributed by atoms with E-state index >= 15 is 0 Å². The fourth-order valence-corrected chi connectivity index (χ4v) is 3.59. The van der Waals surface area contributed by atoms with Gasteiger partial charge in [0, 0.05) is 26.3 Å². The van der Waals surface area contributed by atoms with Crippen LogP contribution < -0.4 is 0 Å². The van der Waals surface area contributed by atoms with Gasteiger partial charge in [-0.3, -0.25) is 0 Å². The maximum atomic E-state index is 12.0. The first kappa shape index (κ1) is 14.9. The second-order valence-electron chi connectivity index (χ2n) is 4.33. The van der Waals surface area contributed by atoms with Gasteiger partial charge in [0.1, 0.15) is 0 Å². The first-order valence-electron chi connectivity index (χ1n) is 6.30. The van der Waals surface area contributed by atoms with E-state index in [0.29, 0.717) is 25.9 Å². The molecule has 1 aliphatic rings. The average molecular weight is 265 g/mol. The maximum Gasteiger partial charge on any atom is 0.214 e. The van der Waals surface area contributed by atoms with Crippen LogP contribution in [0.2, 0.25) is 0 Å². The lowest BCUT2D eigenvalue weighted by molar-refractivity contribution is 0.0946. The molecule has 0 saturated carbocycles. The number of hydrogen-bond acceptors (Lipinski definition) is 4. The highest BCUT2D eigenvalue weighted by Gasteiger charge is 2.25. The van der Waals surface area contributed by atoms with E-state index in [2.05, 4.69) is 0 Å². The van der Waals surface area contributed by atoms with Crippen molar-refractivity contribution < 1.29 is 18.3 Å². The summed E-state index contributed by atoms with van der Waals surface area (Å²) in [5.41, 5.74) is 0. The molecule has 0 aromatic carbocycles. The van der Waals surface area contributed by atoms with E-state index in [0.717, 1.165) is 19.4 Å². The fourth-order valence-electron chi connectivity index (χ4n) is 1.98. The summed E-state index contributed by atoms with van der Waals surface area (Å²) in [4.78, 5) is 0. The minimum absolute atomic E-state index is 0.0490. The van der Waals surface area contributed by atoms with E-state index in [1.807, 2.05) is 6.92 Å². The summed E-state index contributed by atoms with van der Waals surface area (Å²) in [6.45, 7) is 3.60. The Labute approximate surface area is 104 Å². The van der Waals surface area contributed by atoms with E-state index in [4.69, 9.17) is 9.84 Å². The zero-order valence-electron chi connectivity index (χ0n) is 10.5. The molecule has 6 heteroatoms. The van der Waals surface area contributed by atoms with Crippen molar-refractivity contribution in [2.45, 2.75) is 38.7 Å². The van der Waals surface area contributed by atoms with Crippen LogP contribution in [0.5, 0.6) is 0 Å². The second kappa shape index (κ2) is 7.31. The van der Waals surface area contributed by atoms with Crippen molar-refractivity contribution in [1.82, 2.24) is 4.31 Å². The SMILES string of the molecule is CCN(CC1CCCO1)S(=O)(=O)CCCCO. The molecule has 0 radical (unpaired) electrons. The third-order valence-corrected chi connectivity index (χ3v) is 4.99. The number of aliphatic hydroxyl groups is 1. The molecule has 0 aromatic heterocycles. The molecule has 1 rings (SSSR count). The Morgan fingerprint density at radius 1 is 1.41 bits per heavy atom. The minimum atomic E-state index is -3.19. The van der Waals surface area contributed by atoms with Crippen LogP contribution in [0.1, 0.15) is 32.6 Å². The van der Waals surface area contributed by atoms with E-state index in [1.165, 1.54) is 4.31 Å². The molecule has 1 unspecified atom stereocenters. The standard InChI is InChI=1S/C11H23NO4S/c1-2-12(10-11-6-5-8-16-11)17(14,15)9-4-3-7-13/h11,13H,2-10H2,1H3. The van der Waals surface area contributed by atoms with Crippen LogP contribution in [0.4, 0.5) is 0 Å². The quantitative estimate of drug-likeness (QED) is 0.652. The Morgan fingerprint density at radius 2 is 2.18 bits per heavy atom. The number of nitrogens with zero attached hydrogens (tertiary/aromatic N) is 1. The molecule has 1 atom stereocenters. The molecule has 0 bridgehead atoms. The topological polar surface area (TPSA) is 66.8 Å². The summed E-state index contributed by atoms with van der Waals surface area (Å²) in [5.74, 6) is 0.119. The maximum absolute atomic E-state index is 12.0. The van der Waals surface area contributed by atoms with Crippen LogP contribution in [0, 0.1) is 0 Å². The fraction of sp³-hybridized carbons (Fsp3) is 1.00. The summed E-state index contributed by atoms with van der Waals surface area (Å²) < 4.78 is 31.0. The Balaban J connectivity index is 2.46. The molecule has 102 valence electrons. The number of rotatable bonds is 8. The summed E-state index contributed by atoms with van der Waals surface area (Å²) in [6, 6.07) is 0. The number of unbranched alkanes of at least 4 members (excludes halogenated alkanes) is 1. The summed E-state index contributed by atoms with van der Waals surface area (Å²) >= 11 is 0. The number of aliphatic hydroxyl groups excluding tert-OH is 1. The van der Waals surface area contributed by atoms with Gasteiger partial charge in [-0.25, -0.2) is 8.42 Å². The average Bonchev–Trinajstić information content (AvgIpc) is 2.78. The van der Waals surface area contributed by atoms with Gasteiger partial charge < -0.3 is 9.84 Å². The Morgan fingerprint density at radius 3 is 2.71 bits per heavy atom. The first-order valence-corrected chi connectivity index (χ1v) is 7.91. The monoisotopic (exact) mass is 265 g/mol. The second-order valence-corrected chi connectivity index (χ2v) is 6.42. The summed E-state index contributed by atoms with van der Waals surface area (Å²) in [7, 11) is -3.19. The van der Waals surface area contributed by atoms with Crippen molar-refractivity contribution in [2.24, 2.45) is 0 Å². The number of likely N-dealkylation sites (N-methyl/N-ethyl adjacent to an activating group) is 1. The summed E-state index contributed by atoms with van der Waals surface area (Å²) in [5, 5.41) is 8.66. The van der Waals surface area contributed by atoms with Crippen molar-refractivity contribution in [2.75, 3.05) is 32.1 Å². The van der Waals surface area contributed by atoms with Crippen molar-refractivity contribution in [3.8, 4) is 0 Å². The molecular formula is C11H23NO4S.